The van der Waals surface area contributed by atoms with Gasteiger partial charge in [0.05, 0.1) is 5.71 Å². The number of fused-ring (bicyclic) bond motifs is 1. The number of oxazole rings is 1. The maximum atomic E-state index is 11.5. The summed E-state index contributed by atoms with van der Waals surface area (Å²) in [5, 5.41) is 4.26. The Kier molecular flexibility index (Phi) is 3.61. The molecule has 1 aliphatic heterocycles. The van der Waals surface area contributed by atoms with Gasteiger partial charge in [0.15, 0.2) is 5.58 Å². The van der Waals surface area contributed by atoms with Crippen LogP contribution in [0.3, 0.4) is 0 Å². The first-order valence-corrected chi connectivity index (χ1v) is 8.07. The zero-order valence-electron chi connectivity index (χ0n) is 13.3. The number of carbonyl (C=O) groups is 1. The molecule has 4 rings (SSSR count). The van der Waals surface area contributed by atoms with E-state index in [9.17, 15) is 4.79 Å². The van der Waals surface area contributed by atoms with Gasteiger partial charge in [-0.25, -0.2) is 10.4 Å². The number of nitrogens with zero attached hydrogens (tertiary/aromatic N) is 2. The first-order valence-electron chi connectivity index (χ1n) is 8.07. The molecule has 120 valence electrons. The summed E-state index contributed by atoms with van der Waals surface area (Å²) in [6.45, 7) is 2.07. The third kappa shape index (κ3) is 2.58. The molecule has 2 aromatic carbocycles. The molecule has 2 heterocycles. The van der Waals surface area contributed by atoms with Gasteiger partial charge in [-0.2, -0.15) is 5.10 Å². The second kappa shape index (κ2) is 5.92. The van der Waals surface area contributed by atoms with Crippen LogP contribution >= 0.6 is 0 Å². The van der Waals surface area contributed by atoms with E-state index in [1.54, 1.807) is 0 Å². The van der Waals surface area contributed by atoms with Gasteiger partial charge < -0.3 is 4.42 Å². The molecular formula is C19H17N3O2. The normalized spacial score (nSPS) is 17.6. The molecule has 3 aromatic rings. The maximum Gasteiger partial charge on any atom is 0.240 e. The number of nitrogens with one attached hydrogen (secondary N) is 1. The first kappa shape index (κ1) is 14.6. The van der Waals surface area contributed by atoms with Gasteiger partial charge in [-0.1, -0.05) is 31.2 Å². The minimum Gasteiger partial charge on any atom is -0.436 e. The lowest BCUT2D eigenvalue weighted by molar-refractivity contribution is -0.122. The summed E-state index contributed by atoms with van der Waals surface area (Å²) in [7, 11) is 0. The average molecular weight is 319 g/mol. The summed E-state index contributed by atoms with van der Waals surface area (Å²) < 4.78 is 5.92. The topological polar surface area (TPSA) is 67.5 Å². The highest BCUT2D eigenvalue weighted by Crippen LogP contribution is 2.27. The highest BCUT2D eigenvalue weighted by molar-refractivity contribution is 6.07. The van der Waals surface area contributed by atoms with Crippen LogP contribution in [0.1, 0.15) is 25.3 Å². The number of rotatable bonds is 3. The molecule has 0 aliphatic carbocycles. The fourth-order valence-electron chi connectivity index (χ4n) is 3.01. The van der Waals surface area contributed by atoms with E-state index in [1.807, 2.05) is 48.5 Å². The lowest BCUT2D eigenvalue weighted by atomic mass is 9.90. The standard InChI is InChI=1S/C19H17N3O2/c1-2-12-11-17(23)21-22-18(12)14-8-9-15-16(10-14)24-19(20-15)13-6-4-3-5-7-13/h3-10,12H,2,11H2,1H3,(H,21,23). The molecule has 24 heavy (non-hydrogen) atoms. The predicted octanol–water partition coefficient (Wildman–Crippen LogP) is 3.75. The van der Waals surface area contributed by atoms with E-state index in [1.165, 1.54) is 0 Å². The van der Waals surface area contributed by atoms with Crippen molar-refractivity contribution in [2.24, 2.45) is 11.0 Å². The molecule has 1 aromatic heterocycles. The van der Waals surface area contributed by atoms with Crippen LogP contribution in [0.15, 0.2) is 58.0 Å². The molecule has 5 heteroatoms. The van der Waals surface area contributed by atoms with Crippen LogP contribution in [0.5, 0.6) is 0 Å². The molecular weight excluding hydrogens is 302 g/mol. The molecule has 1 atom stereocenters. The number of hydrogen-bond acceptors (Lipinski definition) is 4. The SMILES string of the molecule is CCC1CC(=O)NN=C1c1ccc2nc(-c3ccccc3)oc2c1. The third-order valence-electron chi connectivity index (χ3n) is 4.32. The van der Waals surface area contributed by atoms with Crippen LogP contribution < -0.4 is 5.43 Å². The number of hydrazone groups is 1. The fourth-order valence-corrected chi connectivity index (χ4v) is 3.01. The summed E-state index contributed by atoms with van der Waals surface area (Å²) in [5.41, 5.74) is 6.92. The molecule has 5 nitrogen and oxygen atoms in total. The van der Waals surface area contributed by atoms with Crippen molar-refractivity contribution in [2.75, 3.05) is 0 Å². The van der Waals surface area contributed by atoms with E-state index in [0.29, 0.717) is 12.3 Å². The predicted molar refractivity (Wildman–Crippen MR) is 92.5 cm³/mol. The van der Waals surface area contributed by atoms with Gasteiger partial charge in [-0.3, -0.25) is 4.79 Å². The molecule has 1 unspecified atom stereocenters. The lowest BCUT2D eigenvalue weighted by Gasteiger charge is -2.21. The second-order valence-corrected chi connectivity index (χ2v) is 5.91. The Morgan fingerprint density at radius 1 is 1.17 bits per heavy atom. The summed E-state index contributed by atoms with van der Waals surface area (Å²) in [5.74, 6) is 0.707. The Hall–Kier alpha value is -2.95. The van der Waals surface area contributed by atoms with E-state index in [-0.39, 0.29) is 11.8 Å². The van der Waals surface area contributed by atoms with Crippen molar-refractivity contribution >= 4 is 22.7 Å². The van der Waals surface area contributed by atoms with Crippen molar-refractivity contribution in [1.82, 2.24) is 10.4 Å². The largest absolute Gasteiger partial charge is 0.436 e. The Morgan fingerprint density at radius 2 is 2.00 bits per heavy atom. The second-order valence-electron chi connectivity index (χ2n) is 5.91. The number of amides is 1. The summed E-state index contributed by atoms with van der Waals surface area (Å²) in [6, 6.07) is 15.7. The van der Waals surface area contributed by atoms with Gasteiger partial charge in [0.1, 0.15) is 5.52 Å². The van der Waals surface area contributed by atoms with Crippen molar-refractivity contribution in [3.05, 3.63) is 54.1 Å². The van der Waals surface area contributed by atoms with Gasteiger partial charge in [0.2, 0.25) is 11.8 Å². The zero-order chi connectivity index (χ0) is 16.5. The number of carbonyl (C=O) groups excluding carboxylic acids is 1. The molecule has 0 bridgehead atoms. The Labute approximate surface area is 139 Å². The number of benzene rings is 2. The van der Waals surface area contributed by atoms with Crippen LogP contribution in [-0.2, 0) is 4.79 Å². The Bertz CT molecular complexity index is 928. The van der Waals surface area contributed by atoms with Crippen molar-refractivity contribution in [3.63, 3.8) is 0 Å². The highest BCUT2D eigenvalue weighted by atomic mass is 16.3. The number of aromatic nitrogens is 1. The fraction of sp³-hybridized carbons (Fsp3) is 0.211. The van der Waals surface area contributed by atoms with Crippen LogP contribution in [0.2, 0.25) is 0 Å². The lowest BCUT2D eigenvalue weighted by Crippen LogP contribution is -2.33. The summed E-state index contributed by atoms with van der Waals surface area (Å²) in [4.78, 5) is 16.1. The molecule has 0 radical (unpaired) electrons. The van der Waals surface area contributed by atoms with Gasteiger partial charge in [-0.15, -0.1) is 0 Å². The van der Waals surface area contributed by atoms with Crippen molar-refractivity contribution in [2.45, 2.75) is 19.8 Å². The minimum atomic E-state index is -0.0299. The van der Waals surface area contributed by atoms with E-state index >= 15 is 0 Å². The maximum absolute atomic E-state index is 11.5. The third-order valence-corrected chi connectivity index (χ3v) is 4.32. The zero-order valence-corrected chi connectivity index (χ0v) is 13.3. The summed E-state index contributed by atoms with van der Waals surface area (Å²) in [6.07, 6.45) is 1.34. The Balaban J connectivity index is 1.75. The number of hydrogen-bond donors (Lipinski definition) is 1. The molecule has 1 N–H and O–H groups in total. The van der Waals surface area contributed by atoms with Crippen molar-refractivity contribution in [3.8, 4) is 11.5 Å². The monoisotopic (exact) mass is 319 g/mol. The molecule has 1 amide bonds. The van der Waals surface area contributed by atoms with E-state index in [4.69, 9.17) is 4.42 Å². The summed E-state index contributed by atoms with van der Waals surface area (Å²) >= 11 is 0. The van der Waals surface area contributed by atoms with E-state index in [0.717, 1.165) is 34.4 Å². The quantitative estimate of drug-likeness (QED) is 0.799. The molecule has 0 saturated carbocycles. The van der Waals surface area contributed by atoms with Gasteiger partial charge in [0, 0.05) is 23.5 Å². The molecule has 0 saturated heterocycles. The van der Waals surface area contributed by atoms with Crippen LogP contribution in [-0.4, -0.2) is 16.6 Å². The van der Waals surface area contributed by atoms with Gasteiger partial charge in [-0.05, 0) is 30.7 Å². The smallest absolute Gasteiger partial charge is 0.240 e. The highest BCUT2D eigenvalue weighted by Gasteiger charge is 2.24. The molecule has 0 fully saturated rings. The van der Waals surface area contributed by atoms with E-state index in [2.05, 4.69) is 22.4 Å². The van der Waals surface area contributed by atoms with Crippen LogP contribution in [0.25, 0.3) is 22.6 Å². The van der Waals surface area contributed by atoms with Crippen molar-refractivity contribution < 1.29 is 9.21 Å². The van der Waals surface area contributed by atoms with E-state index < -0.39 is 0 Å². The molecule has 1 aliphatic rings. The average Bonchev–Trinajstić information content (AvgIpc) is 3.05. The van der Waals surface area contributed by atoms with Gasteiger partial charge >= 0.3 is 0 Å². The minimum absolute atomic E-state index is 0.0299. The Morgan fingerprint density at radius 3 is 2.79 bits per heavy atom. The van der Waals surface area contributed by atoms with Crippen molar-refractivity contribution in [1.29, 1.82) is 0 Å². The molecule has 0 spiro atoms. The van der Waals surface area contributed by atoms with Crippen LogP contribution in [0, 0.1) is 5.92 Å². The van der Waals surface area contributed by atoms with Crippen LogP contribution in [0.4, 0.5) is 0 Å². The van der Waals surface area contributed by atoms with Gasteiger partial charge in [0.25, 0.3) is 0 Å². The first-order chi connectivity index (χ1) is 11.7.